The van der Waals surface area contributed by atoms with Crippen molar-refractivity contribution in [2.75, 3.05) is 5.75 Å². The second-order valence-electron chi connectivity index (χ2n) is 4.51. The van der Waals surface area contributed by atoms with E-state index in [1.807, 2.05) is 12.2 Å². The molecule has 2 unspecified atom stereocenters. The molecule has 0 aromatic heterocycles. The van der Waals surface area contributed by atoms with Crippen molar-refractivity contribution in [3.8, 4) is 0 Å². The maximum atomic E-state index is 5.97. The molecule has 3 heteroatoms. The number of hydrogen-bond acceptors (Lipinski definition) is 2. The van der Waals surface area contributed by atoms with Crippen LogP contribution >= 0.6 is 12.6 Å². The van der Waals surface area contributed by atoms with Gasteiger partial charge in [0.1, 0.15) is 0 Å². The Hall–Kier alpha value is -0.700. The Morgan fingerprint density at radius 3 is 2.59 bits per heavy atom. The molecule has 17 heavy (non-hydrogen) atoms. The van der Waals surface area contributed by atoms with Crippen molar-refractivity contribution >= 4 is 18.5 Å². The number of nitrogens with zero attached hydrogens (tertiary/aromatic N) is 1. The highest BCUT2D eigenvalue weighted by molar-refractivity contribution is 7.80. The van der Waals surface area contributed by atoms with Crippen molar-refractivity contribution in [2.45, 2.75) is 45.1 Å². The Labute approximate surface area is 111 Å². The maximum Gasteiger partial charge on any atom is 0.0944 e. The Morgan fingerprint density at radius 1 is 1.53 bits per heavy atom. The molecule has 2 nitrogen and oxygen atoms in total. The van der Waals surface area contributed by atoms with Gasteiger partial charge in [-0.05, 0) is 31.9 Å². The Balaban J connectivity index is 4.85. The molecular weight excluding hydrogens is 228 g/mol. The third-order valence-corrected chi connectivity index (χ3v) is 3.53. The summed E-state index contributed by atoms with van der Waals surface area (Å²) >= 11 is 4.18. The van der Waals surface area contributed by atoms with Crippen molar-refractivity contribution in [3.05, 3.63) is 25.3 Å². The molecule has 0 radical (unpaired) electrons. The molecule has 0 fully saturated rings. The van der Waals surface area contributed by atoms with Crippen LogP contribution in [0.3, 0.4) is 0 Å². The van der Waals surface area contributed by atoms with Gasteiger partial charge in [-0.1, -0.05) is 19.1 Å². The van der Waals surface area contributed by atoms with E-state index in [0.717, 1.165) is 37.3 Å². The summed E-state index contributed by atoms with van der Waals surface area (Å²) in [6.07, 6.45) is 7.49. The molecule has 0 aliphatic carbocycles. The standard InChI is InChI=1S/C14H26N2S/c1-5-9-12(6-2)14(4,7-3)16-13(15)10-8-11-17/h5-6,12,17H,1-2,7-11H2,3-4H3,(H2,15,16). The lowest BCUT2D eigenvalue weighted by Gasteiger charge is -2.31. The average Bonchev–Trinajstić information content (AvgIpc) is 2.33. The highest BCUT2D eigenvalue weighted by Crippen LogP contribution is 2.30. The molecule has 98 valence electrons. The maximum absolute atomic E-state index is 5.97. The Kier molecular flexibility index (Phi) is 8.05. The van der Waals surface area contributed by atoms with Crippen LogP contribution in [0, 0.1) is 5.92 Å². The fourth-order valence-corrected chi connectivity index (χ4v) is 2.01. The van der Waals surface area contributed by atoms with Crippen LogP contribution < -0.4 is 5.73 Å². The fourth-order valence-electron chi connectivity index (χ4n) is 1.85. The molecule has 0 aromatic rings. The SMILES string of the molecule is C=CCC(C=C)C(C)(CC)N=C(N)CCCS. The van der Waals surface area contributed by atoms with Gasteiger partial charge in [-0.2, -0.15) is 12.6 Å². The zero-order valence-electron chi connectivity index (χ0n) is 11.2. The number of nitrogens with two attached hydrogens (primary N) is 1. The lowest BCUT2D eigenvalue weighted by molar-refractivity contribution is 0.343. The van der Waals surface area contributed by atoms with Crippen molar-refractivity contribution in [1.82, 2.24) is 0 Å². The molecule has 0 saturated carbocycles. The minimum absolute atomic E-state index is 0.170. The van der Waals surface area contributed by atoms with Crippen molar-refractivity contribution < 1.29 is 0 Å². The molecule has 0 heterocycles. The number of amidine groups is 1. The second-order valence-corrected chi connectivity index (χ2v) is 4.95. The van der Waals surface area contributed by atoms with E-state index in [-0.39, 0.29) is 5.54 Å². The number of rotatable bonds is 9. The molecule has 0 aliphatic rings. The van der Waals surface area contributed by atoms with Crippen LogP contribution in [0.1, 0.15) is 39.5 Å². The predicted molar refractivity (Wildman–Crippen MR) is 81.9 cm³/mol. The van der Waals surface area contributed by atoms with E-state index in [0.29, 0.717) is 5.92 Å². The van der Waals surface area contributed by atoms with Gasteiger partial charge in [0, 0.05) is 12.3 Å². The second kappa shape index (κ2) is 8.40. The fraction of sp³-hybridized carbons (Fsp3) is 0.643. The van der Waals surface area contributed by atoms with E-state index in [1.54, 1.807) is 0 Å². The summed E-state index contributed by atoms with van der Waals surface area (Å²) in [4.78, 5) is 4.70. The predicted octanol–water partition coefficient (Wildman–Crippen LogP) is 3.60. The molecule has 0 aliphatic heterocycles. The zero-order chi connectivity index (χ0) is 13.3. The van der Waals surface area contributed by atoms with Crippen molar-refractivity contribution in [2.24, 2.45) is 16.6 Å². The zero-order valence-corrected chi connectivity index (χ0v) is 12.0. The van der Waals surface area contributed by atoms with Crippen molar-refractivity contribution in [1.29, 1.82) is 0 Å². The minimum atomic E-state index is -0.170. The van der Waals surface area contributed by atoms with Gasteiger partial charge in [-0.3, -0.25) is 4.99 Å². The van der Waals surface area contributed by atoms with Crippen LogP contribution in [0.4, 0.5) is 0 Å². The highest BCUT2D eigenvalue weighted by Gasteiger charge is 2.29. The smallest absolute Gasteiger partial charge is 0.0944 e. The van der Waals surface area contributed by atoms with Gasteiger partial charge >= 0.3 is 0 Å². The van der Waals surface area contributed by atoms with Gasteiger partial charge in [0.25, 0.3) is 0 Å². The molecule has 0 spiro atoms. The third kappa shape index (κ3) is 5.44. The minimum Gasteiger partial charge on any atom is -0.387 e. The first kappa shape index (κ1) is 16.3. The third-order valence-electron chi connectivity index (χ3n) is 3.21. The molecule has 0 rings (SSSR count). The van der Waals surface area contributed by atoms with Crippen LogP contribution in [-0.4, -0.2) is 17.1 Å². The van der Waals surface area contributed by atoms with Crippen LogP contribution in [-0.2, 0) is 0 Å². The van der Waals surface area contributed by atoms with E-state index < -0.39 is 0 Å². The number of hydrogen-bond donors (Lipinski definition) is 2. The molecule has 2 atom stereocenters. The number of thiol groups is 1. The first-order valence-electron chi connectivity index (χ1n) is 6.22. The van der Waals surface area contributed by atoms with Crippen LogP contribution in [0.25, 0.3) is 0 Å². The van der Waals surface area contributed by atoms with Gasteiger partial charge < -0.3 is 5.73 Å². The monoisotopic (exact) mass is 254 g/mol. The van der Waals surface area contributed by atoms with Crippen LogP contribution in [0.5, 0.6) is 0 Å². The van der Waals surface area contributed by atoms with E-state index >= 15 is 0 Å². The van der Waals surface area contributed by atoms with Gasteiger partial charge in [-0.25, -0.2) is 0 Å². The molecule has 0 aromatic carbocycles. The summed E-state index contributed by atoms with van der Waals surface area (Å²) in [5.41, 5.74) is 5.80. The van der Waals surface area contributed by atoms with Crippen molar-refractivity contribution in [3.63, 3.8) is 0 Å². The van der Waals surface area contributed by atoms with Gasteiger partial charge in [0.15, 0.2) is 0 Å². The Bertz CT molecular complexity index is 273. The van der Waals surface area contributed by atoms with E-state index in [4.69, 9.17) is 10.7 Å². The van der Waals surface area contributed by atoms with E-state index in [1.165, 1.54) is 0 Å². The van der Waals surface area contributed by atoms with Gasteiger partial charge in [-0.15, -0.1) is 13.2 Å². The highest BCUT2D eigenvalue weighted by atomic mass is 32.1. The first-order chi connectivity index (χ1) is 8.03. The largest absolute Gasteiger partial charge is 0.387 e. The summed E-state index contributed by atoms with van der Waals surface area (Å²) in [7, 11) is 0. The molecule has 2 N–H and O–H groups in total. The summed E-state index contributed by atoms with van der Waals surface area (Å²) in [5.74, 6) is 1.86. The van der Waals surface area contributed by atoms with Crippen LogP contribution in [0.15, 0.2) is 30.3 Å². The molecule has 0 amide bonds. The van der Waals surface area contributed by atoms with Gasteiger partial charge in [0.2, 0.25) is 0 Å². The average molecular weight is 254 g/mol. The Morgan fingerprint density at radius 2 is 2.18 bits per heavy atom. The molecular formula is C14H26N2S. The summed E-state index contributed by atoms with van der Waals surface area (Å²) < 4.78 is 0. The normalized spacial score (nSPS) is 17.2. The summed E-state index contributed by atoms with van der Waals surface area (Å²) in [6, 6.07) is 0. The lowest BCUT2D eigenvalue weighted by atomic mass is 9.81. The molecule has 0 bridgehead atoms. The molecule has 0 saturated heterocycles. The number of allylic oxidation sites excluding steroid dienone is 1. The lowest BCUT2D eigenvalue weighted by Crippen LogP contribution is -2.33. The first-order valence-corrected chi connectivity index (χ1v) is 6.85. The van der Waals surface area contributed by atoms with E-state index in [2.05, 4.69) is 39.6 Å². The topological polar surface area (TPSA) is 38.4 Å². The summed E-state index contributed by atoms with van der Waals surface area (Å²) in [6.45, 7) is 11.9. The summed E-state index contributed by atoms with van der Waals surface area (Å²) in [5, 5.41) is 0. The quantitative estimate of drug-likeness (QED) is 0.280. The van der Waals surface area contributed by atoms with Gasteiger partial charge in [0.05, 0.1) is 11.4 Å². The number of aliphatic imine (C=N–C) groups is 1. The van der Waals surface area contributed by atoms with E-state index in [9.17, 15) is 0 Å². The van der Waals surface area contributed by atoms with Crippen LogP contribution in [0.2, 0.25) is 0 Å².